The van der Waals surface area contributed by atoms with Gasteiger partial charge in [-0.1, -0.05) is 6.07 Å². The summed E-state index contributed by atoms with van der Waals surface area (Å²) in [5, 5.41) is 2.55. The molecule has 1 aromatic rings. The monoisotopic (exact) mass is 333 g/mol. The smallest absolute Gasteiger partial charge is 0.475 e. The molecule has 0 saturated heterocycles. The first-order valence-corrected chi connectivity index (χ1v) is 6.66. The van der Waals surface area contributed by atoms with Gasteiger partial charge in [-0.3, -0.25) is 4.28 Å². The Bertz CT molecular complexity index is 621. The van der Waals surface area contributed by atoms with Gasteiger partial charge >= 0.3 is 15.6 Å². The molecule has 5 nitrogen and oxygen atoms in total. The lowest BCUT2D eigenvalue weighted by Gasteiger charge is -2.10. The van der Waals surface area contributed by atoms with Crippen molar-refractivity contribution < 1.29 is 39.4 Å². The van der Waals surface area contributed by atoms with Gasteiger partial charge in [0.1, 0.15) is 17.2 Å². The number of alkyl halides is 3. The van der Waals surface area contributed by atoms with E-state index in [9.17, 15) is 30.4 Å². The molecule has 0 aliphatic carbocycles. The van der Waals surface area contributed by atoms with E-state index >= 15 is 0 Å². The van der Waals surface area contributed by atoms with Crippen molar-refractivity contribution in [3.8, 4) is 0 Å². The molecule has 11 heteroatoms. The molecule has 0 aliphatic rings. The third-order valence-electron chi connectivity index (χ3n) is 1.96. The van der Waals surface area contributed by atoms with Crippen molar-refractivity contribution in [3.05, 3.63) is 35.4 Å². The van der Waals surface area contributed by atoms with Crippen LogP contribution in [0.3, 0.4) is 0 Å². The van der Waals surface area contributed by atoms with Crippen molar-refractivity contribution in [3.63, 3.8) is 0 Å². The van der Waals surface area contributed by atoms with Gasteiger partial charge in [-0.2, -0.15) is 21.6 Å². The minimum atomic E-state index is -6.06. The van der Waals surface area contributed by atoms with Gasteiger partial charge < -0.3 is 4.74 Å². The molecule has 1 rings (SSSR count). The zero-order valence-electron chi connectivity index (χ0n) is 10.3. The largest absolute Gasteiger partial charge is 0.536 e. The van der Waals surface area contributed by atoms with E-state index in [2.05, 4.69) is 14.2 Å². The van der Waals surface area contributed by atoms with Crippen LogP contribution in [0.4, 0.5) is 22.0 Å². The van der Waals surface area contributed by atoms with Crippen molar-refractivity contribution in [1.82, 2.24) is 0 Å². The van der Waals surface area contributed by atoms with Gasteiger partial charge in [0.2, 0.25) is 0 Å². The molecule has 0 heterocycles. The molecule has 0 bridgehead atoms. The Morgan fingerprint density at radius 2 is 1.76 bits per heavy atom. The topological polar surface area (TPSA) is 65.0 Å². The van der Waals surface area contributed by atoms with Crippen molar-refractivity contribution >= 4 is 16.0 Å². The van der Waals surface area contributed by atoms with Gasteiger partial charge in [0.15, 0.2) is 0 Å². The van der Waals surface area contributed by atoms with E-state index < -0.39 is 38.7 Å². The number of oxime groups is 1. The SMILES string of the molecule is CCO/C(=N\OS(=O)(=O)C(F)(F)F)c1c(F)cccc1F. The number of nitrogens with zero attached hydrogens (tertiary/aromatic N) is 1. The van der Waals surface area contributed by atoms with Gasteiger partial charge in [0.05, 0.1) is 6.61 Å². The summed E-state index contributed by atoms with van der Waals surface area (Å²) < 4.78 is 92.4. The van der Waals surface area contributed by atoms with Gasteiger partial charge in [0, 0.05) is 0 Å². The molecule has 0 radical (unpaired) electrons. The highest BCUT2D eigenvalue weighted by molar-refractivity contribution is 7.87. The van der Waals surface area contributed by atoms with Crippen molar-refractivity contribution in [2.75, 3.05) is 6.61 Å². The average molecular weight is 333 g/mol. The average Bonchev–Trinajstić information content (AvgIpc) is 2.34. The van der Waals surface area contributed by atoms with Crippen LogP contribution in [0.2, 0.25) is 0 Å². The van der Waals surface area contributed by atoms with Crippen molar-refractivity contribution in [2.24, 2.45) is 5.16 Å². The number of rotatable bonds is 4. The van der Waals surface area contributed by atoms with E-state index in [1.807, 2.05) is 0 Å². The van der Waals surface area contributed by atoms with Crippen LogP contribution >= 0.6 is 0 Å². The summed E-state index contributed by atoms with van der Waals surface area (Å²) in [6, 6.07) is 2.56. The standard InChI is InChI=1S/C10H8F5NO4S/c1-2-19-9(8-6(11)4-3-5-7(8)12)16-20-21(17,18)10(13,14)15/h3-5H,2H2,1H3/b16-9-. The Hall–Kier alpha value is -1.91. The molecule has 0 atom stereocenters. The Morgan fingerprint density at radius 1 is 1.24 bits per heavy atom. The molecular weight excluding hydrogens is 325 g/mol. The van der Waals surface area contributed by atoms with Crippen LogP contribution in [-0.2, 0) is 19.1 Å². The number of hydrogen-bond donors (Lipinski definition) is 0. The molecule has 118 valence electrons. The first-order valence-electron chi connectivity index (χ1n) is 5.25. The molecule has 0 unspecified atom stereocenters. The number of hydrogen-bond acceptors (Lipinski definition) is 5. The lowest BCUT2D eigenvalue weighted by atomic mass is 10.2. The number of benzene rings is 1. The molecule has 0 amide bonds. The molecule has 0 aromatic heterocycles. The maximum absolute atomic E-state index is 13.4. The second-order valence-electron chi connectivity index (χ2n) is 3.40. The highest BCUT2D eigenvalue weighted by atomic mass is 32.2. The van der Waals surface area contributed by atoms with Crippen LogP contribution in [-0.4, -0.2) is 26.4 Å². The molecule has 1 aromatic carbocycles. The van der Waals surface area contributed by atoms with E-state index in [0.717, 1.165) is 18.2 Å². The molecular formula is C10H8F5NO4S. The number of halogens is 5. The Morgan fingerprint density at radius 3 is 2.19 bits per heavy atom. The molecule has 0 aliphatic heterocycles. The van der Waals surface area contributed by atoms with Gasteiger partial charge in [-0.15, -0.1) is 0 Å². The van der Waals surface area contributed by atoms with E-state index in [-0.39, 0.29) is 6.61 Å². The summed E-state index contributed by atoms with van der Waals surface area (Å²) in [5.41, 5.74) is -6.68. The van der Waals surface area contributed by atoms with Crippen LogP contribution < -0.4 is 0 Å². The maximum atomic E-state index is 13.4. The summed E-state index contributed by atoms with van der Waals surface area (Å²) in [5.74, 6) is -3.49. The third kappa shape index (κ3) is 4.03. The zero-order chi connectivity index (χ0) is 16.3. The fraction of sp³-hybridized carbons (Fsp3) is 0.300. The van der Waals surface area contributed by atoms with E-state index in [0.29, 0.717) is 0 Å². The molecule has 0 N–H and O–H groups in total. The van der Waals surface area contributed by atoms with Gasteiger partial charge in [-0.05, 0) is 24.2 Å². The second kappa shape index (κ2) is 6.24. The lowest BCUT2D eigenvalue weighted by Crippen LogP contribution is -2.25. The maximum Gasteiger partial charge on any atom is 0.536 e. The first-order chi connectivity index (χ1) is 9.60. The van der Waals surface area contributed by atoms with Crippen LogP contribution in [0.5, 0.6) is 0 Å². The normalized spacial score (nSPS) is 13.1. The fourth-order valence-corrected chi connectivity index (χ4v) is 1.36. The molecule has 21 heavy (non-hydrogen) atoms. The van der Waals surface area contributed by atoms with E-state index in [4.69, 9.17) is 0 Å². The van der Waals surface area contributed by atoms with Crippen molar-refractivity contribution in [2.45, 2.75) is 12.4 Å². The van der Waals surface area contributed by atoms with E-state index in [1.54, 1.807) is 0 Å². The Balaban J connectivity index is 3.23. The highest BCUT2D eigenvalue weighted by Crippen LogP contribution is 2.25. The Labute approximate surface area is 116 Å². The summed E-state index contributed by atoms with van der Waals surface area (Å²) in [6.45, 7) is 1.09. The minimum absolute atomic E-state index is 0.248. The zero-order valence-corrected chi connectivity index (χ0v) is 11.1. The van der Waals surface area contributed by atoms with Crippen LogP contribution in [0.15, 0.2) is 23.4 Å². The van der Waals surface area contributed by atoms with Crippen LogP contribution in [0, 0.1) is 11.6 Å². The van der Waals surface area contributed by atoms with E-state index in [1.165, 1.54) is 6.92 Å². The Kier molecular flexibility index (Phi) is 5.10. The lowest BCUT2D eigenvalue weighted by molar-refractivity contribution is -0.0542. The summed E-state index contributed by atoms with van der Waals surface area (Å²) in [4.78, 5) is 0. The molecule has 0 spiro atoms. The first kappa shape index (κ1) is 17.1. The van der Waals surface area contributed by atoms with Gasteiger partial charge in [0.25, 0.3) is 5.90 Å². The predicted molar refractivity (Wildman–Crippen MR) is 60.6 cm³/mol. The van der Waals surface area contributed by atoms with Crippen molar-refractivity contribution in [1.29, 1.82) is 0 Å². The quantitative estimate of drug-likeness (QED) is 0.279. The molecule has 0 fully saturated rings. The predicted octanol–water partition coefficient (Wildman–Crippen LogP) is 2.53. The second-order valence-corrected chi connectivity index (χ2v) is 4.92. The third-order valence-corrected chi connectivity index (χ3v) is 2.80. The van der Waals surface area contributed by atoms with Crippen LogP contribution in [0.1, 0.15) is 12.5 Å². The van der Waals surface area contributed by atoms with Crippen LogP contribution in [0.25, 0.3) is 0 Å². The summed E-state index contributed by atoms with van der Waals surface area (Å²) in [6.07, 6.45) is 0. The number of ether oxygens (including phenoxy) is 1. The summed E-state index contributed by atoms with van der Waals surface area (Å²) in [7, 11) is -6.06. The van der Waals surface area contributed by atoms with Gasteiger partial charge in [-0.25, -0.2) is 8.78 Å². The fourth-order valence-electron chi connectivity index (χ4n) is 1.11. The molecule has 0 saturated carbocycles. The summed E-state index contributed by atoms with van der Waals surface area (Å²) >= 11 is 0. The minimum Gasteiger partial charge on any atom is -0.475 e. The highest BCUT2D eigenvalue weighted by Gasteiger charge is 2.49.